The fourth-order valence-electron chi connectivity index (χ4n) is 3.55. The number of carbonyl (C=O) groups is 1. The molecule has 1 N–H and O–H groups in total. The summed E-state index contributed by atoms with van der Waals surface area (Å²) in [6, 6.07) is 3.35. The maximum atomic E-state index is 12.0. The second-order valence-electron chi connectivity index (χ2n) is 6.26. The lowest BCUT2D eigenvalue weighted by atomic mass is 9.88. The van der Waals surface area contributed by atoms with Gasteiger partial charge in [0.1, 0.15) is 5.75 Å². The summed E-state index contributed by atoms with van der Waals surface area (Å²) in [5.41, 5.74) is 1.10. The number of fused-ring (bicyclic) bond motifs is 1. The van der Waals surface area contributed by atoms with Gasteiger partial charge in [0.2, 0.25) is 5.79 Å². The Morgan fingerprint density at radius 1 is 1.39 bits per heavy atom. The van der Waals surface area contributed by atoms with Crippen molar-refractivity contribution in [2.75, 3.05) is 20.2 Å². The summed E-state index contributed by atoms with van der Waals surface area (Å²) in [6.07, 6.45) is 1.70. The number of hydrogen-bond donors (Lipinski definition) is 1. The van der Waals surface area contributed by atoms with Crippen LogP contribution < -0.4 is 10.1 Å². The molecule has 1 aromatic rings. The Balaban J connectivity index is 1.99. The molecule has 1 fully saturated rings. The molecule has 1 saturated heterocycles. The molecule has 3 rings (SSSR count). The van der Waals surface area contributed by atoms with Gasteiger partial charge in [-0.2, -0.15) is 0 Å². The van der Waals surface area contributed by atoms with E-state index in [9.17, 15) is 4.79 Å². The van der Waals surface area contributed by atoms with Crippen molar-refractivity contribution in [1.82, 2.24) is 5.32 Å². The van der Waals surface area contributed by atoms with E-state index >= 15 is 0 Å². The monoisotopic (exact) mass is 339 g/mol. The number of benzene rings is 1. The van der Waals surface area contributed by atoms with Crippen LogP contribution in [0, 0.1) is 5.92 Å². The van der Waals surface area contributed by atoms with E-state index in [2.05, 4.69) is 5.32 Å². The van der Waals surface area contributed by atoms with E-state index in [1.807, 2.05) is 13.8 Å². The Hall–Kier alpha value is -1.30. The molecule has 2 atom stereocenters. The minimum atomic E-state index is -0.716. The van der Waals surface area contributed by atoms with E-state index in [0.717, 1.165) is 25.9 Å². The van der Waals surface area contributed by atoms with E-state index in [4.69, 9.17) is 25.8 Å². The van der Waals surface area contributed by atoms with Crippen LogP contribution in [0.5, 0.6) is 5.75 Å². The van der Waals surface area contributed by atoms with Crippen LogP contribution in [-0.2, 0) is 9.47 Å². The first kappa shape index (κ1) is 16.6. The van der Waals surface area contributed by atoms with Crippen LogP contribution in [0.3, 0.4) is 0 Å². The SMILES string of the molecule is COC(=O)c1cc(Cl)cc2c1C(C)OC(C)(C1CCNCC1)O2. The minimum absolute atomic E-state index is 0.273. The van der Waals surface area contributed by atoms with Crippen molar-refractivity contribution < 1.29 is 19.0 Å². The topological polar surface area (TPSA) is 56.8 Å². The van der Waals surface area contributed by atoms with Gasteiger partial charge < -0.3 is 19.5 Å². The molecule has 0 amide bonds. The standard InChI is InChI=1S/C17H22ClNO4/c1-10-15-13(16(20)21-3)8-12(18)9-14(15)23-17(2,22-10)11-4-6-19-7-5-11/h8-11,19H,4-7H2,1-3H3. The van der Waals surface area contributed by atoms with Gasteiger partial charge in [-0.1, -0.05) is 11.6 Å². The number of carbonyl (C=O) groups excluding carboxylic acids is 1. The number of nitrogens with one attached hydrogen (secondary N) is 1. The predicted octanol–water partition coefficient (Wildman–Crippen LogP) is 3.31. The maximum absolute atomic E-state index is 12.0. The number of halogens is 1. The molecular formula is C17H22ClNO4. The Labute approximate surface area is 141 Å². The largest absolute Gasteiger partial charge is 0.465 e. The van der Waals surface area contributed by atoms with Gasteiger partial charge in [-0.25, -0.2) is 4.79 Å². The lowest BCUT2D eigenvalue weighted by Crippen LogP contribution is -2.50. The summed E-state index contributed by atoms with van der Waals surface area (Å²) in [4.78, 5) is 12.0. The first-order chi connectivity index (χ1) is 10.9. The third-order valence-corrected chi connectivity index (χ3v) is 4.94. The predicted molar refractivity (Wildman–Crippen MR) is 86.9 cm³/mol. The highest BCUT2D eigenvalue weighted by atomic mass is 35.5. The van der Waals surface area contributed by atoms with Crippen LogP contribution in [0.15, 0.2) is 12.1 Å². The van der Waals surface area contributed by atoms with Crippen molar-refractivity contribution in [2.24, 2.45) is 5.92 Å². The fraction of sp³-hybridized carbons (Fsp3) is 0.588. The normalized spacial score (nSPS) is 27.9. The minimum Gasteiger partial charge on any atom is -0.465 e. The van der Waals surface area contributed by atoms with Crippen LogP contribution in [0.1, 0.15) is 48.7 Å². The number of esters is 1. The zero-order chi connectivity index (χ0) is 16.6. The Bertz CT molecular complexity index is 615. The fourth-order valence-corrected chi connectivity index (χ4v) is 3.76. The van der Waals surface area contributed by atoms with E-state index in [0.29, 0.717) is 27.8 Å². The van der Waals surface area contributed by atoms with Crippen LogP contribution in [0.2, 0.25) is 5.02 Å². The molecule has 23 heavy (non-hydrogen) atoms. The van der Waals surface area contributed by atoms with Gasteiger partial charge in [0.15, 0.2) is 0 Å². The lowest BCUT2D eigenvalue weighted by molar-refractivity contribution is -0.248. The molecular weight excluding hydrogens is 318 g/mol. The average molecular weight is 340 g/mol. The Kier molecular flexibility index (Phi) is 4.54. The van der Waals surface area contributed by atoms with Crippen LogP contribution in [0.4, 0.5) is 0 Å². The Morgan fingerprint density at radius 3 is 2.74 bits per heavy atom. The van der Waals surface area contributed by atoms with Crippen molar-refractivity contribution in [2.45, 2.75) is 38.6 Å². The molecule has 0 aromatic heterocycles. The molecule has 0 radical (unpaired) electrons. The zero-order valence-electron chi connectivity index (χ0n) is 13.6. The maximum Gasteiger partial charge on any atom is 0.338 e. The van der Waals surface area contributed by atoms with Crippen molar-refractivity contribution in [3.8, 4) is 5.75 Å². The summed E-state index contributed by atoms with van der Waals surface area (Å²) in [6.45, 7) is 5.82. The molecule has 2 aliphatic rings. The summed E-state index contributed by atoms with van der Waals surface area (Å²) in [5.74, 6) is -0.252. The van der Waals surface area contributed by atoms with Gasteiger partial charge in [0.05, 0.1) is 18.8 Å². The lowest BCUT2D eigenvalue weighted by Gasteiger charge is -2.45. The number of methoxy groups -OCH3 is 1. The molecule has 0 bridgehead atoms. The van der Waals surface area contributed by atoms with Crippen LogP contribution in [-0.4, -0.2) is 32.0 Å². The number of ether oxygens (including phenoxy) is 3. The quantitative estimate of drug-likeness (QED) is 0.838. The molecule has 1 aromatic carbocycles. The second-order valence-corrected chi connectivity index (χ2v) is 6.70. The number of piperidine rings is 1. The average Bonchev–Trinajstić information content (AvgIpc) is 2.53. The number of rotatable bonds is 2. The second kappa shape index (κ2) is 6.30. The van der Waals surface area contributed by atoms with Crippen molar-refractivity contribution in [3.05, 3.63) is 28.3 Å². The summed E-state index contributed by atoms with van der Waals surface area (Å²) >= 11 is 6.17. The summed E-state index contributed by atoms with van der Waals surface area (Å²) in [7, 11) is 1.35. The first-order valence-electron chi connectivity index (χ1n) is 7.94. The number of hydrogen-bond acceptors (Lipinski definition) is 5. The first-order valence-corrected chi connectivity index (χ1v) is 8.31. The van der Waals surface area contributed by atoms with Gasteiger partial charge in [-0.15, -0.1) is 0 Å². The molecule has 126 valence electrons. The third kappa shape index (κ3) is 3.05. The van der Waals surface area contributed by atoms with Gasteiger partial charge in [-0.05, 0) is 45.0 Å². The van der Waals surface area contributed by atoms with E-state index in [1.54, 1.807) is 12.1 Å². The van der Waals surface area contributed by atoms with Crippen LogP contribution >= 0.6 is 11.6 Å². The molecule has 6 heteroatoms. The summed E-state index contributed by atoms with van der Waals surface area (Å²) < 4.78 is 17.3. The van der Waals surface area contributed by atoms with Crippen LogP contribution in [0.25, 0.3) is 0 Å². The van der Waals surface area contributed by atoms with E-state index < -0.39 is 11.8 Å². The van der Waals surface area contributed by atoms with Gasteiger partial charge in [0, 0.05) is 23.4 Å². The van der Waals surface area contributed by atoms with Crippen molar-refractivity contribution >= 4 is 17.6 Å². The molecule has 0 saturated carbocycles. The molecule has 0 spiro atoms. The molecule has 2 unspecified atom stereocenters. The molecule has 2 heterocycles. The van der Waals surface area contributed by atoms with E-state index in [-0.39, 0.29) is 6.10 Å². The highest BCUT2D eigenvalue weighted by Gasteiger charge is 2.44. The highest BCUT2D eigenvalue weighted by molar-refractivity contribution is 6.31. The molecule has 5 nitrogen and oxygen atoms in total. The van der Waals surface area contributed by atoms with Crippen molar-refractivity contribution in [3.63, 3.8) is 0 Å². The van der Waals surface area contributed by atoms with Gasteiger partial charge in [-0.3, -0.25) is 0 Å². The van der Waals surface area contributed by atoms with Gasteiger partial charge in [0.25, 0.3) is 0 Å². The molecule has 0 aliphatic carbocycles. The molecule has 2 aliphatic heterocycles. The summed E-state index contributed by atoms with van der Waals surface area (Å²) in [5, 5.41) is 3.80. The third-order valence-electron chi connectivity index (χ3n) is 4.72. The highest BCUT2D eigenvalue weighted by Crippen LogP contribution is 2.46. The smallest absolute Gasteiger partial charge is 0.338 e. The van der Waals surface area contributed by atoms with E-state index in [1.165, 1.54) is 7.11 Å². The zero-order valence-corrected chi connectivity index (χ0v) is 14.4. The van der Waals surface area contributed by atoms with Gasteiger partial charge >= 0.3 is 5.97 Å². The Morgan fingerprint density at radius 2 is 2.09 bits per heavy atom. The van der Waals surface area contributed by atoms with Crippen molar-refractivity contribution in [1.29, 1.82) is 0 Å².